The molecule has 0 saturated carbocycles. The van der Waals surface area contributed by atoms with E-state index in [0.29, 0.717) is 19.8 Å². The van der Waals surface area contributed by atoms with Gasteiger partial charge >= 0.3 is 7.12 Å². The number of hydrogen-bond donors (Lipinski definition) is 0. The van der Waals surface area contributed by atoms with Crippen LogP contribution in [0.5, 0.6) is 5.75 Å². The Morgan fingerprint density at radius 3 is 2.80 bits per heavy atom. The zero-order valence-corrected chi connectivity index (χ0v) is 11.5. The maximum absolute atomic E-state index is 5.82. The molecule has 3 nitrogen and oxygen atoms in total. The summed E-state index contributed by atoms with van der Waals surface area (Å²) in [6.45, 7) is 3.78. The molecule has 0 radical (unpaired) electrons. The highest BCUT2D eigenvalue weighted by Gasteiger charge is 2.30. The predicted molar refractivity (Wildman–Crippen MR) is 79.0 cm³/mol. The van der Waals surface area contributed by atoms with Crippen LogP contribution >= 0.6 is 0 Å². The van der Waals surface area contributed by atoms with Gasteiger partial charge in [0.15, 0.2) is 0 Å². The van der Waals surface area contributed by atoms with Gasteiger partial charge in [0.25, 0.3) is 0 Å². The number of rotatable bonds is 5. The van der Waals surface area contributed by atoms with Gasteiger partial charge in [0.2, 0.25) is 0 Å². The Hall–Kier alpha value is -1.78. The normalized spacial score (nSPS) is 13.3. The quantitative estimate of drug-likeness (QED) is 0.780. The summed E-state index contributed by atoms with van der Waals surface area (Å²) in [5.74, 6) is 0.869. The van der Waals surface area contributed by atoms with Crippen LogP contribution in [-0.2, 0) is 22.5 Å². The van der Waals surface area contributed by atoms with Crippen LogP contribution in [0.4, 0.5) is 0 Å². The Morgan fingerprint density at radius 2 is 2.00 bits per heavy atom. The minimum absolute atomic E-state index is 0.224. The first-order chi connectivity index (χ1) is 9.86. The van der Waals surface area contributed by atoms with Gasteiger partial charge in [-0.15, -0.1) is 0 Å². The van der Waals surface area contributed by atoms with Crippen molar-refractivity contribution in [3.8, 4) is 5.75 Å². The Balaban J connectivity index is 1.68. The van der Waals surface area contributed by atoms with Crippen molar-refractivity contribution in [3.05, 3.63) is 59.7 Å². The third kappa shape index (κ3) is 2.87. The molecule has 0 aromatic heterocycles. The Bertz CT molecular complexity index is 571. The lowest BCUT2D eigenvalue weighted by atomic mass is 9.79. The summed E-state index contributed by atoms with van der Waals surface area (Å²) < 4.78 is 17.0. The molecular weight excluding hydrogens is 251 g/mol. The summed E-state index contributed by atoms with van der Waals surface area (Å²) in [4.78, 5) is 0. The van der Waals surface area contributed by atoms with Crippen molar-refractivity contribution in [3.63, 3.8) is 0 Å². The minimum atomic E-state index is -0.224. The number of hydrogen-bond acceptors (Lipinski definition) is 3. The van der Waals surface area contributed by atoms with E-state index in [4.69, 9.17) is 14.0 Å². The molecule has 0 saturated heterocycles. The Morgan fingerprint density at radius 1 is 1.15 bits per heavy atom. The lowest BCUT2D eigenvalue weighted by Gasteiger charge is -2.08. The van der Waals surface area contributed by atoms with Crippen LogP contribution in [0.3, 0.4) is 0 Å². The van der Waals surface area contributed by atoms with Crippen LogP contribution in [0.2, 0.25) is 0 Å². The summed E-state index contributed by atoms with van der Waals surface area (Å²) in [5, 5.41) is 0. The largest absolute Gasteiger partial charge is 0.494 e. The molecule has 20 heavy (non-hydrogen) atoms. The van der Waals surface area contributed by atoms with E-state index in [1.165, 1.54) is 0 Å². The van der Waals surface area contributed by atoms with Crippen molar-refractivity contribution >= 4 is 12.6 Å². The lowest BCUT2D eigenvalue weighted by molar-refractivity contribution is 0.220. The van der Waals surface area contributed by atoms with E-state index in [-0.39, 0.29) is 7.12 Å². The molecule has 0 spiro atoms. The number of benzene rings is 2. The standard InChI is InChI=1S/C16H17BO3/c1-2-19-17-16-9-8-15(10-14(16)12-20-17)18-11-13-6-4-3-5-7-13/h3-10H,2,11-12H2,1H3. The van der Waals surface area contributed by atoms with Gasteiger partial charge in [0.1, 0.15) is 12.4 Å². The van der Waals surface area contributed by atoms with E-state index in [2.05, 4.69) is 12.1 Å². The number of fused-ring (bicyclic) bond motifs is 1. The van der Waals surface area contributed by atoms with Gasteiger partial charge in [0.05, 0.1) is 6.61 Å². The zero-order chi connectivity index (χ0) is 13.8. The third-order valence-corrected chi connectivity index (χ3v) is 3.32. The topological polar surface area (TPSA) is 27.7 Å². The maximum atomic E-state index is 5.82. The second-order valence-corrected chi connectivity index (χ2v) is 4.73. The van der Waals surface area contributed by atoms with Gasteiger partial charge in [0, 0.05) is 6.61 Å². The molecule has 4 heteroatoms. The van der Waals surface area contributed by atoms with Crippen LogP contribution in [0, 0.1) is 0 Å². The summed E-state index contributed by atoms with van der Waals surface area (Å²) in [5.41, 5.74) is 3.42. The van der Waals surface area contributed by atoms with Crippen molar-refractivity contribution < 1.29 is 14.0 Å². The molecule has 1 aliphatic heterocycles. The van der Waals surface area contributed by atoms with Gasteiger partial charge in [-0.05, 0) is 35.6 Å². The molecule has 1 aliphatic rings. The van der Waals surface area contributed by atoms with E-state index >= 15 is 0 Å². The highest BCUT2D eigenvalue weighted by atomic mass is 16.6. The first-order valence-corrected chi connectivity index (χ1v) is 6.89. The molecule has 0 aliphatic carbocycles. The van der Waals surface area contributed by atoms with Crippen LogP contribution in [0.25, 0.3) is 0 Å². The fraction of sp³-hybridized carbons (Fsp3) is 0.250. The average Bonchev–Trinajstić information content (AvgIpc) is 2.89. The molecule has 2 aromatic rings. The van der Waals surface area contributed by atoms with Gasteiger partial charge in [-0.25, -0.2) is 0 Å². The average molecular weight is 268 g/mol. The first kappa shape index (κ1) is 13.2. The van der Waals surface area contributed by atoms with E-state index in [1.807, 2.05) is 43.3 Å². The molecule has 0 atom stereocenters. The second-order valence-electron chi connectivity index (χ2n) is 4.73. The van der Waals surface area contributed by atoms with Crippen molar-refractivity contribution in [2.75, 3.05) is 6.61 Å². The van der Waals surface area contributed by atoms with Crippen molar-refractivity contribution in [1.82, 2.24) is 0 Å². The molecule has 0 unspecified atom stereocenters. The van der Waals surface area contributed by atoms with Gasteiger partial charge in [-0.2, -0.15) is 0 Å². The summed E-state index contributed by atoms with van der Waals surface area (Å²) >= 11 is 0. The summed E-state index contributed by atoms with van der Waals surface area (Å²) in [6, 6.07) is 16.2. The van der Waals surface area contributed by atoms with Crippen LogP contribution < -0.4 is 10.2 Å². The molecule has 0 amide bonds. The van der Waals surface area contributed by atoms with Crippen LogP contribution in [-0.4, -0.2) is 13.7 Å². The van der Waals surface area contributed by atoms with Crippen molar-refractivity contribution in [2.24, 2.45) is 0 Å². The highest BCUT2D eigenvalue weighted by Crippen LogP contribution is 2.19. The molecular formula is C16H17BO3. The van der Waals surface area contributed by atoms with E-state index < -0.39 is 0 Å². The first-order valence-electron chi connectivity index (χ1n) is 6.89. The molecule has 0 N–H and O–H groups in total. The zero-order valence-electron chi connectivity index (χ0n) is 11.5. The molecule has 1 heterocycles. The summed E-state index contributed by atoms with van der Waals surface area (Å²) in [7, 11) is -0.224. The van der Waals surface area contributed by atoms with E-state index in [9.17, 15) is 0 Å². The van der Waals surface area contributed by atoms with Gasteiger partial charge in [-0.1, -0.05) is 36.4 Å². The van der Waals surface area contributed by atoms with E-state index in [1.54, 1.807) is 0 Å². The van der Waals surface area contributed by atoms with Gasteiger partial charge < -0.3 is 14.0 Å². The van der Waals surface area contributed by atoms with Crippen LogP contribution in [0.1, 0.15) is 18.1 Å². The number of ether oxygens (including phenoxy) is 1. The Labute approximate surface area is 119 Å². The second kappa shape index (κ2) is 6.12. The van der Waals surface area contributed by atoms with Crippen molar-refractivity contribution in [1.29, 1.82) is 0 Å². The molecule has 2 aromatic carbocycles. The highest BCUT2D eigenvalue weighted by molar-refractivity contribution is 6.62. The fourth-order valence-corrected chi connectivity index (χ4v) is 2.31. The minimum Gasteiger partial charge on any atom is -0.489 e. The van der Waals surface area contributed by atoms with Crippen LogP contribution in [0.15, 0.2) is 48.5 Å². The predicted octanol–water partition coefficient (Wildman–Crippen LogP) is 2.53. The molecule has 0 bridgehead atoms. The van der Waals surface area contributed by atoms with Gasteiger partial charge in [-0.3, -0.25) is 0 Å². The maximum Gasteiger partial charge on any atom is 0.494 e. The van der Waals surface area contributed by atoms with E-state index in [0.717, 1.165) is 22.3 Å². The lowest BCUT2D eigenvalue weighted by Crippen LogP contribution is -2.31. The molecule has 3 rings (SSSR count). The molecule has 0 fully saturated rings. The third-order valence-electron chi connectivity index (χ3n) is 3.32. The molecule has 102 valence electrons. The Kier molecular flexibility index (Phi) is 4.04. The summed E-state index contributed by atoms with van der Waals surface area (Å²) in [6.07, 6.45) is 0. The van der Waals surface area contributed by atoms with Crippen molar-refractivity contribution in [2.45, 2.75) is 20.1 Å². The smallest absolute Gasteiger partial charge is 0.489 e. The fourth-order valence-electron chi connectivity index (χ4n) is 2.31. The SMILES string of the molecule is CCOB1OCc2cc(OCc3ccccc3)ccc21. The monoisotopic (exact) mass is 268 g/mol.